The molecule has 0 bridgehead atoms. The van der Waals surface area contributed by atoms with Crippen LogP contribution in [-0.2, 0) is 13.0 Å². The number of ether oxygens (including phenoxy) is 1. The molecule has 0 unspecified atom stereocenters. The Kier molecular flexibility index (Phi) is 6.07. The molecule has 143 valence electrons. The van der Waals surface area contributed by atoms with Crippen LogP contribution in [-0.4, -0.2) is 0 Å². The summed E-state index contributed by atoms with van der Waals surface area (Å²) in [7, 11) is 0. The molecule has 0 aliphatic heterocycles. The molecule has 4 rings (SSSR count). The summed E-state index contributed by atoms with van der Waals surface area (Å²) in [6, 6.07) is 37.0. The first-order chi connectivity index (χ1) is 14.4. The average molecular weight is 378 g/mol. The summed E-state index contributed by atoms with van der Waals surface area (Å²) in [5.41, 5.74) is 6.93. The molecule has 0 atom stereocenters. The Morgan fingerprint density at radius 1 is 0.724 bits per heavy atom. The van der Waals surface area contributed by atoms with Gasteiger partial charge in [0, 0.05) is 11.1 Å². The number of rotatable bonds is 7. The Morgan fingerprint density at radius 3 is 1.93 bits per heavy atom. The van der Waals surface area contributed by atoms with Gasteiger partial charge in [0.15, 0.2) is 0 Å². The van der Waals surface area contributed by atoms with Gasteiger partial charge in [-0.05, 0) is 40.8 Å². The maximum Gasteiger partial charge on any atom is 0.135 e. The Bertz CT molecular complexity index is 1040. The molecule has 4 aromatic rings. The molecule has 1 nitrogen and oxygen atoms in total. The first-order valence-corrected chi connectivity index (χ1v) is 10.2. The van der Waals surface area contributed by atoms with Crippen molar-refractivity contribution >= 4 is 0 Å². The highest BCUT2D eigenvalue weighted by atomic mass is 16.5. The van der Waals surface area contributed by atoms with Crippen LogP contribution in [0.4, 0.5) is 0 Å². The summed E-state index contributed by atoms with van der Waals surface area (Å²) >= 11 is 0. The SMILES string of the molecule is CCCc1[c]cc(-c2ccccc2)c(OCc2ccccc2)c1-c1ccccc1. The second-order valence-electron chi connectivity index (χ2n) is 7.14. The molecule has 0 saturated heterocycles. The monoisotopic (exact) mass is 377 g/mol. The Hall–Kier alpha value is -3.32. The fourth-order valence-electron chi connectivity index (χ4n) is 3.64. The van der Waals surface area contributed by atoms with Crippen molar-refractivity contribution in [3.8, 4) is 28.0 Å². The summed E-state index contributed by atoms with van der Waals surface area (Å²) < 4.78 is 6.53. The van der Waals surface area contributed by atoms with E-state index in [2.05, 4.69) is 97.9 Å². The van der Waals surface area contributed by atoms with Gasteiger partial charge in [0.2, 0.25) is 0 Å². The summed E-state index contributed by atoms with van der Waals surface area (Å²) in [4.78, 5) is 0. The number of hydrogen-bond acceptors (Lipinski definition) is 1. The van der Waals surface area contributed by atoms with Crippen molar-refractivity contribution in [1.29, 1.82) is 0 Å². The second-order valence-corrected chi connectivity index (χ2v) is 7.14. The molecule has 4 aromatic carbocycles. The smallest absolute Gasteiger partial charge is 0.135 e. The molecule has 0 saturated carbocycles. The van der Waals surface area contributed by atoms with Crippen LogP contribution in [0.25, 0.3) is 22.3 Å². The minimum absolute atomic E-state index is 0.538. The number of aryl methyl sites for hydroxylation is 1. The van der Waals surface area contributed by atoms with E-state index in [9.17, 15) is 0 Å². The molecule has 0 aliphatic carbocycles. The lowest BCUT2D eigenvalue weighted by atomic mass is 9.91. The van der Waals surface area contributed by atoms with Crippen LogP contribution in [0, 0.1) is 6.07 Å². The van der Waals surface area contributed by atoms with E-state index in [1.165, 1.54) is 11.1 Å². The van der Waals surface area contributed by atoms with Crippen LogP contribution < -0.4 is 4.74 Å². The third-order valence-electron chi connectivity index (χ3n) is 5.04. The van der Waals surface area contributed by atoms with Crippen molar-refractivity contribution in [2.24, 2.45) is 0 Å². The number of benzene rings is 4. The average Bonchev–Trinajstić information content (AvgIpc) is 2.80. The van der Waals surface area contributed by atoms with Crippen LogP contribution in [0.15, 0.2) is 97.1 Å². The standard InChI is InChI=1S/C28H25O/c1-2-12-24-19-20-26(23-15-8-4-9-16-23)28(27(24)25-17-10-5-11-18-25)29-21-22-13-6-3-7-14-22/h3-11,13-18,20H,2,12,21H2,1H3. The second kappa shape index (κ2) is 9.25. The lowest BCUT2D eigenvalue weighted by molar-refractivity contribution is 0.308. The van der Waals surface area contributed by atoms with Crippen molar-refractivity contribution in [2.45, 2.75) is 26.4 Å². The van der Waals surface area contributed by atoms with E-state index >= 15 is 0 Å². The fourth-order valence-corrected chi connectivity index (χ4v) is 3.64. The van der Waals surface area contributed by atoms with Gasteiger partial charge in [0.25, 0.3) is 0 Å². The molecule has 0 amide bonds. The van der Waals surface area contributed by atoms with E-state index in [0.29, 0.717) is 6.61 Å². The molecule has 0 N–H and O–H groups in total. The van der Waals surface area contributed by atoms with Crippen molar-refractivity contribution in [3.05, 3.63) is 114 Å². The van der Waals surface area contributed by atoms with Gasteiger partial charge in [-0.2, -0.15) is 0 Å². The Labute approximate surface area is 173 Å². The lowest BCUT2D eigenvalue weighted by Crippen LogP contribution is -2.02. The van der Waals surface area contributed by atoms with E-state index < -0.39 is 0 Å². The maximum atomic E-state index is 6.53. The predicted molar refractivity (Wildman–Crippen MR) is 121 cm³/mol. The van der Waals surface area contributed by atoms with Crippen molar-refractivity contribution in [1.82, 2.24) is 0 Å². The highest BCUT2D eigenvalue weighted by Gasteiger charge is 2.18. The molecule has 0 aliphatic rings. The van der Waals surface area contributed by atoms with Crippen molar-refractivity contribution in [3.63, 3.8) is 0 Å². The van der Waals surface area contributed by atoms with E-state index in [-0.39, 0.29) is 0 Å². The zero-order chi connectivity index (χ0) is 19.9. The van der Waals surface area contributed by atoms with E-state index in [1.807, 2.05) is 12.1 Å². The van der Waals surface area contributed by atoms with Gasteiger partial charge in [-0.1, -0.05) is 104 Å². The van der Waals surface area contributed by atoms with Gasteiger partial charge in [-0.3, -0.25) is 0 Å². The van der Waals surface area contributed by atoms with Gasteiger partial charge in [-0.15, -0.1) is 0 Å². The van der Waals surface area contributed by atoms with Crippen molar-refractivity contribution < 1.29 is 4.74 Å². The third-order valence-corrected chi connectivity index (χ3v) is 5.04. The predicted octanol–water partition coefficient (Wildman–Crippen LogP) is 7.35. The molecule has 0 fully saturated rings. The normalized spacial score (nSPS) is 10.7. The van der Waals surface area contributed by atoms with Gasteiger partial charge in [0.05, 0.1) is 0 Å². The molecule has 0 spiro atoms. The molecular formula is C28H25O. The van der Waals surface area contributed by atoms with Gasteiger partial charge in [0.1, 0.15) is 12.4 Å². The summed E-state index contributed by atoms with van der Waals surface area (Å²) in [5.74, 6) is 0.938. The topological polar surface area (TPSA) is 9.23 Å². The largest absolute Gasteiger partial charge is 0.488 e. The zero-order valence-corrected chi connectivity index (χ0v) is 16.8. The minimum atomic E-state index is 0.538. The summed E-state index contributed by atoms with van der Waals surface area (Å²) in [5, 5.41) is 0. The van der Waals surface area contributed by atoms with Gasteiger partial charge < -0.3 is 4.74 Å². The molecule has 1 heteroatoms. The van der Waals surface area contributed by atoms with Crippen LogP contribution in [0.2, 0.25) is 0 Å². The van der Waals surface area contributed by atoms with Crippen LogP contribution in [0.3, 0.4) is 0 Å². The van der Waals surface area contributed by atoms with Gasteiger partial charge >= 0.3 is 0 Å². The quantitative estimate of drug-likeness (QED) is 0.327. The molecule has 29 heavy (non-hydrogen) atoms. The van der Waals surface area contributed by atoms with Crippen molar-refractivity contribution in [2.75, 3.05) is 0 Å². The van der Waals surface area contributed by atoms with Crippen LogP contribution in [0.5, 0.6) is 5.75 Å². The van der Waals surface area contributed by atoms with Crippen LogP contribution in [0.1, 0.15) is 24.5 Å². The molecule has 0 heterocycles. The van der Waals surface area contributed by atoms with E-state index in [4.69, 9.17) is 4.74 Å². The Morgan fingerprint density at radius 2 is 1.31 bits per heavy atom. The fraction of sp³-hybridized carbons (Fsp3) is 0.143. The highest BCUT2D eigenvalue weighted by Crippen LogP contribution is 2.42. The van der Waals surface area contributed by atoms with E-state index in [0.717, 1.165) is 40.8 Å². The first-order valence-electron chi connectivity index (χ1n) is 10.2. The third kappa shape index (κ3) is 4.41. The highest BCUT2D eigenvalue weighted by molar-refractivity contribution is 5.84. The van der Waals surface area contributed by atoms with Crippen LogP contribution >= 0.6 is 0 Å². The first kappa shape index (κ1) is 19.0. The molecule has 0 aromatic heterocycles. The number of hydrogen-bond donors (Lipinski definition) is 0. The summed E-state index contributed by atoms with van der Waals surface area (Å²) in [6.45, 7) is 2.74. The summed E-state index contributed by atoms with van der Waals surface area (Å²) in [6.07, 6.45) is 2.04. The molecular weight excluding hydrogens is 352 g/mol. The lowest BCUT2D eigenvalue weighted by Gasteiger charge is -2.20. The minimum Gasteiger partial charge on any atom is -0.488 e. The maximum absolute atomic E-state index is 6.53. The van der Waals surface area contributed by atoms with E-state index in [1.54, 1.807) is 0 Å². The molecule has 1 radical (unpaired) electrons. The zero-order valence-electron chi connectivity index (χ0n) is 16.8. The Balaban J connectivity index is 1.87. The van der Waals surface area contributed by atoms with Gasteiger partial charge in [-0.25, -0.2) is 0 Å².